The maximum atomic E-state index is 6.48. The van der Waals surface area contributed by atoms with E-state index in [-0.39, 0.29) is 38.6 Å². The zero-order valence-corrected chi connectivity index (χ0v) is 74.1. The Morgan fingerprint density at radius 3 is 0.689 bits per heavy atom. The van der Waals surface area contributed by atoms with Gasteiger partial charge in [0.15, 0.2) is 0 Å². The van der Waals surface area contributed by atoms with Gasteiger partial charge in [-0.1, -0.05) is 274 Å². The largest absolute Gasteiger partial charge is 0.494 e. The summed E-state index contributed by atoms with van der Waals surface area (Å²) in [6.07, 6.45) is 0. The summed E-state index contributed by atoms with van der Waals surface area (Å²) in [5.74, 6) is 0. The molecule has 0 amide bonds. The molecule has 12 heteroatoms. The monoisotopic (exact) mass is 1660 g/mol. The van der Waals surface area contributed by atoms with Gasteiger partial charge in [-0.2, -0.15) is 0 Å². The molecule has 0 atom stereocenters. The van der Waals surface area contributed by atoms with Crippen molar-refractivity contribution >= 4 is 76.7 Å². The maximum absolute atomic E-state index is 6.48. The van der Waals surface area contributed by atoms with Crippen LogP contribution < -0.4 is 15.3 Å². The molecule has 14 aromatic carbocycles. The van der Waals surface area contributed by atoms with Gasteiger partial charge in [0, 0.05) is 49.4 Å². The molecule has 3 saturated heterocycles. The van der Waals surface area contributed by atoms with Gasteiger partial charge in [-0.15, -0.1) is 0 Å². The van der Waals surface area contributed by atoms with Gasteiger partial charge in [0.05, 0.1) is 44.4 Å². The number of hydrogen-bond donors (Lipinski definition) is 0. The van der Waals surface area contributed by atoms with Crippen LogP contribution >= 0.6 is 15.9 Å². The van der Waals surface area contributed by atoms with Crippen LogP contribution in [0.4, 0.5) is 34.1 Å². The second-order valence-corrected chi connectivity index (χ2v) is 39.5. The van der Waals surface area contributed by atoms with Crippen molar-refractivity contribution in [3.63, 3.8) is 0 Å². The minimum absolute atomic E-state index is 0.0891. The normalized spacial score (nSPS) is 18.8. The summed E-state index contributed by atoms with van der Waals surface area (Å²) in [6.45, 7) is 34.1. The Morgan fingerprint density at radius 1 is 0.205 bits per heavy atom. The van der Waals surface area contributed by atoms with Crippen molar-refractivity contribution in [2.24, 2.45) is 0 Å². The second kappa shape index (κ2) is 27.6. The van der Waals surface area contributed by atoms with Crippen molar-refractivity contribution in [1.82, 2.24) is 0 Å². The quantitative estimate of drug-likeness (QED) is 0.140. The molecule has 0 unspecified atom stereocenters. The molecule has 0 aromatic heterocycles. The Balaban J connectivity index is 0.000000126. The average Bonchev–Trinajstić information content (AvgIpc) is 1.51. The molecular weight excluding hydrogens is 1560 g/mol. The summed E-state index contributed by atoms with van der Waals surface area (Å²) in [4.78, 5) is 4.88. The van der Waals surface area contributed by atoms with Crippen molar-refractivity contribution in [3.8, 4) is 66.8 Å². The molecule has 2 spiro atoms. The fraction of sp³-hybridized carbons (Fsp3) is 0.236. The van der Waals surface area contributed by atoms with E-state index in [0.29, 0.717) is 0 Å². The third-order valence-electron chi connectivity index (χ3n) is 29.7. The number of fused-ring (bicyclic) bond motifs is 26. The van der Waals surface area contributed by atoms with Crippen LogP contribution in [0, 0.1) is 0 Å². The number of benzene rings is 14. The Bertz CT molecular complexity index is 6430. The molecular formula is C110H100B3BrN2O6. The van der Waals surface area contributed by atoms with E-state index in [1.54, 1.807) is 0 Å². The second-order valence-electron chi connectivity index (χ2n) is 38.6. The van der Waals surface area contributed by atoms with Crippen molar-refractivity contribution < 1.29 is 27.9 Å². The molecule has 9 aliphatic rings. The summed E-state index contributed by atoms with van der Waals surface area (Å²) >= 11 is 3.69. The van der Waals surface area contributed by atoms with Crippen LogP contribution in [0.1, 0.15) is 178 Å². The van der Waals surface area contributed by atoms with Crippen LogP contribution in [-0.2, 0) is 49.6 Å². The summed E-state index contributed by atoms with van der Waals surface area (Å²) in [5.41, 5.74) is 36.6. The SMILES string of the molecule is CC1(C)OB(B2OC(C)(C)C(C)(C)O2)OC1(C)C.CC1(C)c2ccccc2-c2ccc(N(c3ccc(B4OC(C)(C)C(C)(C)O4)cc3)c3ccc4c(c3)C3(c5ccccc5-c5ccccc53)c3ccccc3-4)cc21.CC1(C)c2ccccc2-c2ccc(N(c3ccc(Br)cc3)c3ccc4c(c3)C3(c5ccccc5-c5ccccc53)c3ccccc3-4)cc21. The summed E-state index contributed by atoms with van der Waals surface area (Å²) < 4.78 is 37.9. The van der Waals surface area contributed by atoms with Crippen molar-refractivity contribution in [1.29, 1.82) is 0 Å². The smallest absolute Gasteiger partial charge is 0.405 e. The van der Waals surface area contributed by atoms with Crippen molar-refractivity contribution in [2.45, 2.75) is 166 Å². The molecule has 0 N–H and O–H groups in total. The Morgan fingerprint density at radius 2 is 0.410 bits per heavy atom. The summed E-state index contributed by atoms with van der Waals surface area (Å²) in [6, 6.07) is 118. The highest BCUT2D eigenvalue weighted by Gasteiger charge is 2.64. The Labute approximate surface area is 728 Å². The number of nitrogens with zero attached hydrogens (tertiary/aromatic N) is 2. The van der Waals surface area contributed by atoms with Crippen LogP contribution in [0.2, 0.25) is 0 Å². The highest BCUT2D eigenvalue weighted by Crippen LogP contribution is 2.66. The van der Waals surface area contributed by atoms with E-state index in [1.165, 1.54) is 134 Å². The van der Waals surface area contributed by atoms with Crippen LogP contribution in [0.15, 0.2) is 320 Å². The fourth-order valence-corrected chi connectivity index (χ4v) is 21.6. The molecule has 23 rings (SSSR count). The van der Waals surface area contributed by atoms with Gasteiger partial charge >= 0.3 is 21.1 Å². The van der Waals surface area contributed by atoms with E-state index in [4.69, 9.17) is 27.9 Å². The molecule has 122 heavy (non-hydrogen) atoms. The van der Waals surface area contributed by atoms with Crippen LogP contribution in [0.3, 0.4) is 0 Å². The molecule has 602 valence electrons. The summed E-state index contributed by atoms with van der Waals surface area (Å²) in [7, 11) is -1.38. The third-order valence-corrected chi connectivity index (χ3v) is 30.2. The van der Waals surface area contributed by atoms with Crippen molar-refractivity contribution in [2.75, 3.05) is 9.80 Å². The first-order valence-corrected chi connectivity index (χ1v) is 44.0. The predicted octanol–water partition coefficient (Wildman–Crippen LogP) is 26.9. The average molecular weight is 1660 g/mol. The number of anilines is 6. The summed E-state index contributed by atoms with van der Waals surface area (Å²) in [5, 5.41) is 0. The molecule has 14 aromatic rings. The van der Waals surface area contributed by atoms with E-state index >= 15 is 0 Å². The first kappa shape index (κ1) is 78.4. The molecule has 0 saturated carbocycles. The molecule has 3 fully saturated rings. The highest BCUT2D eigenvalue weighted by atomic mass is 79.9. The maximum Gasteiger partial charge on any atom is 0.494 e. The van der Waals surface area contributed by atoms with E-state index in [0.717, 1.165) is 44.1 Å². The van der Waals surface area contributed by atoms with Crippen LogP contribution in [0.5, 0.6) is 0 Å². The molecule has 0 radical (unpaired) electrons. The topological polar surface area (TPSA) is 61.9 Å². The van der Waals surface area contributed by atoms with E-state index in [9.17, 15) is 0 Å². The van der Waals surface area contributed by atoms with Gasteiger partial charge in [-0.05, 0) is 307 Å². The van der Waals surface area contributed by atoms with Gasteiger partial charge in [0.2, 0.25) is 0 Å². The fourth-order valence-electron chi connectivity index (χ4n) is 21.4. The Kier molecular flexibility index (Phi) is 17.7. The highest BCUT2D eigenvalue weighted by molar-refractivity contribution is 9.10. The van der Waals surface area contributed by atoms with Gasteiger partial charge < -0.3 is 37.7 Å². The first-order valence-electron chi connectivity index (χ1n) is 43.3. The van der Waals surface area contributed by atoms with E-state index in [2.05, 4.69) is 397 Å². The van der Waals surface area contributed by atoms with E-state index < -0.39 is 37.8 Å². The number of hydrogen-bond acceptors (Lipinski definition) is 8. The molecule has 3 heterocycles. The molecule has 8 nitrogen and oxygen atoms in total. The lowest BCUT2D eigenvalue weighted by atomic mass is 9.49. The van der Waals surface area contributed by atoms with Gasteiger partial charge in [-0.25, -0.2) is 0 Å². The zero-order chi connectivity index (χ0) is 84.4. The molecule has 0 bridgehead atoms. The minimum Gasteiger partial charge on any atom is -0.405 e. The molecule has 3 aliphatic heterocycles. The zero-order valence-electron chi connectivity index (χ0n) is 72.5. The van der Waals surface area contributed by atoms with Crippen LogP contribution in [0.25, 0.3) is 66.8 Å². The van der Waals surface area contributed by atoms with Gasteiger partial charge in [0.1, 0.15) is 0 Å². The standard InChI is InChI=1S/C52H44BNO2.C46H32BrN.C12H24B2O4/c1-49(2)43-19-11-7-15-37(43)41-29-27-35(31-47(41)49)54(34-25-23-33(24-26-34)53-55-50(3,4)51(5,6)56-53)36-28-30-42-40-18-10-14-22-46(40)52(48(42)32-36)44-20-12-8-16-38(44)39-17-9-13-21-45(39)52;1-45(2)39-15-7-3-11-33(39)37-25-23-31(27-43(37)45)48(30-21-19-29(47)20-22-30)32-24-26-38-36-14-6-10-18-42(36)46(44(38)28-32)40-16-8-4-12-34(40)35-13-5-9-17-41(35)46;1-9(2)10(3,4)16-13(15-9)14-17-11(5,6)12(7,8)18-14/h7-32H,1-6H3;3-28H,1-2H3;1-8H3. The lowest BCUT2D eigenvalue weighted by molar-refractivity contribution is 0.00578. The number of halogens is 1. The number of rotatable bonds is 8. The Hall–Kier alpha value is -10.9. The van der Waals surface area contributed by atoms with Gasteiger partial charge in [0.25, 0.3) is 0 Å². The van der Waals surface area contributed by atoms with Crippen molar-refractivity contribution in [3.05, 3.63) is 387 Å². The molecule has 6 aliphatic carbocycles. The predicted molar refractivity (Wildman–Crippen MR) is 506 cm³/mol. The van der Waals surface area contributed by atoms with Crippen LogP contribution in [-0.4, -0.2) is 54.7 Å². The lowest BCUT2D eigenvalue weighted by Crippen LogP contribution is -2.41. The third kappa shape index (κ3) is 11.4. The minimum atomic E-state index is -0.476. The lowest BCUT2D eigenvalue weighted by Gasteiger charge is -2.32. The van der Waals surface area contributed by atoms with E-state index in [1.807, 2.05) is 55.4 Å². The van der Waals surface area contributed by atoms with Gasteiger partial charge in [-0.3, -0.25) is 0 Å². The first-order chi connectivity index (χ1) is 58.4.